The first-order valence-electron chi connectivity index (χ1n) is 23.1. The summed E-state index contributed by atoms with van der Waals surface area (Å²) in [5.74, 6) is 1.30. The number of unbranched alkanes of at least 4 members (excludes halogenated alkanes) is 2. The van der Waals surface area contributed by atoms with E-state index in [9.17, 15) is 19.2 Å². The Bertz CT molecular complexity index is 3260. The van der Waals surface area contributed by atoms with E-state index >= 15 is 0 Å². The molecule has 0 saturated carbocycles. The Morgan fingerprint density at radius 3 is 1.29 bits per heavy atom. The van der Waals surface area contributed by atoms with Crippen LogP contribution in [0.25, 0.3) is 45.1 Å². The van der Waals surface area contributed by atoms with Gasteiger partial charge in [0, 0.05) is 23.3 Å². The average Bonchev–Trinajstić information content (AvgIpc) is 4.17. The number of aromatic nitrogens is 8. The van der Waals surface area contributed by atoms with E-state index < -0.39 is 0 Å². The molecule has 0 fully saturated rings. The van der Waals surface area contributed by atoms with Crippen molar-refractivity contribution < 1.29 is 27.9 Å². The Morgan fingerprint density at radius 2 is 0.903 bits per heavy atom. The molecule has 2 amide bonds. The van der Waals surface area contributed by atoms with Gasteiger partial charge in [-0.05, 0) is 133 Å². The molecule has 4 aromatic heterocycles. The number of aromatic amines is 2. The van der Waals surface area contributed by atoms with Crippen LogP contribution in [0.3, 0.4) is 0 Å². The maximum atomic E-state index is 12.9. The molecule has 10 aromatic rings. The zero-order valence-corrected chi connectivity index (χ0v) is 38.6. The van der Waals surface area contributed by atoms with Crippen molar-refractivity contribution >= 4 is 45.1 Å². The number of hydrogen-bond donors (Lipinski definition) is 4. The number of carbonyl (C=O) groups excluding carboxylic acids is 2. The van der Waals surface area contributed by atoms with Crippen LogP contribution in [0.2, 0.25) is 0 Å². The highest BCUT2D eigenvalue weighted by Gasteiger charge is 2.17. The quantitative estimate of drug-likeness (QED) is 0.0586. The Balaban J connectivity index is 0.000000178. The second-order valence-corrected chi connectivity index (χ2v) is 16.3. The zero-order valence-electron chi connectivity index (χ0n) is 38.6. The molecule has 72 heavy (non-hydrogen) atoms. The number of rotatable bonds is 18. The third-order valence-corrected chi connectivity index (χ3v) is 11.3. The largest absolute Gasteiger partial charge is 0.494 e. The Hall–Kier alpha value is -9.58. The third kappa shape index (κ3) is 12.2. The van der Waals surface area contributed by atoms with Gasteiger partial charge in [0.25, 0.3) is 11.8 Å². The van der Waals surface area contributed by atoms with Crippen molar-refractivity contribution in [2.45, 2.75) is 38.5 Å². The number of para-hydroxylation sites is 2. The number of fused-ring (bicyclic) bond motifs is 2. The van der Waals surface area contributed by atoms with Crippen molar-refractivity contribution in [2.75, 3.05) is 23.8 Å². The van der Waals surface area contributed by atoms with Crippen LogP contribution in [0.4, 0.5) is 11.4 Å². The number of amides is 2. The molecule has 18 heteroatoms. The van der Waals surface area contributed by atoms with E-state index in [0.29, 0.717) is 58.0 Å². The first-order chi connectivity index (χ1) is 35.3. The minimum absolute atomic E-state index is 0.144. The number of hydrogen-bond acceptors (Lipinski definition) is 14. The molecule has 0 aliphatic rings. The van der Waals surface area contributed by atoms with Crippen molar-refractivity contribution in [2.24, 2.45) is 0 Å². The molecule has 0 radical (unpaired) electrons. The molecule has 0 aliphatic heterocycles. The normalized spacial score (nSPS) is 10.9. The number of nitrogens with one attached hydrogen (secondary N) is 4. The van der Waals surface area contributed by atoms with Gasteiger partial charge in [-0.1, -0.05) is 72.8 Å². The van der Waals surface area contributed by atoms with E-state index in [1.54, 1.807) is 84.9 Å². The molecule has 0 spiro atoms. The summed E-state index contributed by atoms with van der Waals surface area (Å²) in [6, 6.07) is 47.1. The van der Waals surface area contributed by atoms with Crippen molar-refractivity contribution in [3.8, 4) is 34.7 Å². The fourth-order valence-corrected chi connectivity index (χ4v) is 7.63. The summed E-state index contributed by atoms with van der Waals surface area (Å²) >= 11 is 0. The van der Waals surface area contributed by atoms with Crippen LogP contribution in [0.15, 0.2) is 176 Å². The second kappa shape index (κ2) is 23.1. The van der Waals surface area contributed by atoms with Crippen molar-refractivity contribution in [3.05, 3.63) is 200 Å². The molecule has 360 valence electrons. The molecular formula is C54H46N10O8. The van der Waals surface area contributed by atoms with E-state index in [1.807, 2.05) is 36.4 Å². The number of nitrogens with zero attached hydrogens (tertiary/aromatic N) is 6. The fraction of sp³-hybridized carbons (Fsp3) is 0.148. The minimum atomic E-state index is -0.343. The van der Waals surface area contributed by atoms with Gasteiger partial charge in [0.15, 0.2) is 33.5 Å². The van der Waals surface area contributed by atoms with Gasteiger partial charge in [-0.3, -0.25) is 19.2 Å². The lowest BCUT2D eigenvalue weighted by Crippen LogP contribution is -2.13. The summed E-state index contributed by atoms with van der Waals surface area (Å²) in [5.41, 5.74) is 4.16. The number of anilines is 2. The lowest BCUT2D eigenvalue weighted by molar-refractivity contribution is 0.101. The first kappa shape index (κ1) is 47.5. The van der Waals surface area contributed by atoms with Crippen LogP contribution in [0.5, 0.6) is 11.5 Å². The molecule has 4 N–H and O–H groups in total. The van der Waals surface area contributed by atoms with Gasteiger partial charge in [0.2, 0.25) is 11.6 Å². The number of carbonyl (C=O) groups is 2. The van der Waals surface area contributed by atoms with Gasteiger partial charge >= 0.3 is 0 Å². The van der Waals surface area contributed by atoms with Crippen molar-refractivity contribution in [1.82, 2.24) is 41.2 Å². The Labute approximate surface area is 410 Å². The molecule has 4 heterocycles. The van der Waals surface area contributed by atoms with Gasteiger partial charge in [-0.25, -0.2) is 0 Å². The van der Waals surface area contributed by atoms with E-state index in [0.717, 1.165) is 38.5 Å². The molecule has 6 aromatic carbocycles. The number of ether oxygens (including phenoxy) is 2. The van der Waals surface area contributed by atoms with Gasteiger partial charge < -0.3 is 28.9 Å². The summed E-state index contributed by atoms with van der Waals surface area (Å²) in [6.45, 7) is 1.21. The van der Waals surface area contributed by atoms with Crippen molar-refractivity contribution in [1.29, 1.82) is 0 Å². The van der Waals surface area contributed by atoms with Crippen LogP contribution in [0.1, 0.15) is 57.5 Å². The van der Waals surface area contributed by atoms with Crippen LogP contribution < -0.4 is 31.0 Å². The standard InChI is InChI=1S/2C27H23N5O4/c2*33-23-17-24(26-29-31-32-30-26)36-25-21(23)10-6-11-22(25)28-27(34)19-12-14-20(15-13-19)35-16-5-4-9-18-7-2-1-3-8-18/h2*1-3,6-8,10-15,17H,4-5,9,16H2,(H,28,34)(H,29,30,31,32). The van der Waals surface area contributed by atoms with Gasteiger partial charge in [0.05, 0.1) is 35.4 Å². The summed E-state index contributed by atoms with van der Waals surface area (Å²) < 4.78 is 23.3. The third-order valence-electron chi connectivity index (χ3n) is 11.3. The minimum Gasteiger partial charge on any atom is -0.494 e. The van der Waals surface area contributed by atoms with Crippen LogP contribution in [0, 0.1) is 0 Å². The SMILES string of the molecule is O=C(Nc1cccc2c(=O)cc(-c3nn[nH]n3)oc12)c1ccc(OCCCCc2ccccc2)cc1.O=C(Nc1cccc2c(=O)cc(-c3nn[nH]n3)oc12)c1ccc(OCCCCc2ccccc2)cc1. The number of aryl methyl sites for hydroxylation is 2. The predicted octanol–water partition coefficient (Wildman–Crippen LogP) is 9.25. The van der Waals surface area contributed by atoms with E-state index in [-0.39, 0.29) is 57.0 Å². The first-order valence-corrected chi connectivity index (χ1v) is 23.1. The van der Waals surface area contributed by atoms with Crippen LogP contribution >= 0.6 is 0 Å². The topological polar surface area (TPSA) is 246 Å². The molecule has 0 bridgehead atoms. The summed E-state index contributed by atoms with van der Waals surface area (Å²) in [7, 11) is 0. The molecule has 0 unspecified atom stereocenters. The van der Waals surface area contributed by atoms with Crippen molar-refractivity contribution in [3.63, 3.8) is 0 Å². The fourth-order valence-electron chi connectivity index (χ4n) is 7.63. The number of benzene rings is 6. The van der Waals surface area contributed by atoms with E-state index in [2.05, 4.69) is 76.1 Å². The molecule has 18 nitrogen and oxygen atoms in total. The maximum Gasteiger partial charge on any atom is 0.255 e. The average molecular weight is 963 g/mol. The predicted molar refractivity (Wildman–Crippen MR) is 270 cm³/mol. The molecule has 0 aliphatic carbocycles. The highest BCUT2D eigenvalue weighted by Crippen LogP contribution is 2.28. The Morgan fingerprint density at radius 1 is 0.486 bits per heavy atom. The maximum absolute atomic E-state index is 12.9. The molecule has 0 saturated heterocycles. The molecule has 10 rings (SSSR count). The lowest BCUT2D eigenvalue weighted by Gasteiger charge is -2.10. The number of tetrazole rings is 2. The number of H-pyrrole nitrogens is 2. The Kier molecular flexibility index (Phi) is 15.3. The summed E-state index contributed by atoms with van der Waals surface area (Å²) in [4.78, 5) is 50.9. The monoisotopic (exact) mass is 962 g/mol. The molecular weight excluding hydrogens is 917 g/mol. The smallest absolute Gasteiger partial charge is 0.255 e. The van der Waals surface area contributed by atoms with Crippen LogP contribution in [-0.4, -0.2) is 66.3 Å². The van der Waals surface area contributed by atoms with E-state index in [4.69, 9.17) is 18.3 Å². The van der Waals surface area contributed by atoms with Crippen LogP contribution in [-0.2, 0) is 12.8 Å². The lowest BCUT2D eigenvalue weighted by atomic mass is 10.1. The van der Waals surface area contributed by atoms with Gasteiger partial charge in [-0.2, -0.15) is 10.4 Å². The summed E-state index contributed by atoms with van der Waals surface area (Å²) in [5, 5.41) is 33.3. The van der Waals surface area contributed by atoms with Gasteiger partial charge in [0.1, 0.15) is 11.5 Å². The van der Waals surface area contributed by atoms with E-state index in [1.165, 1.54) is 23.3 Å². The zero-order chi connectivity index (χ0) is 49.5. The second-order valence-electron chi connectivity index (χ2n) is 16.3. The molecule has 0 atom stereocenters. The highest BCUT2D eigenvalue weighted by molar-refractivity contribution is 6.09. The van der Waals surface area contributed by atoms with Gasteiger partial charge in [-0.15, -0.1) is 20.4 Å². The highest BCUT2D eigenvalue weighted by atomic mass is 16.5. The summed E-state index contributed by atoms with van der Waals surface area (Å²) in [6.07, 6.45) is 6.01.